The van der Waals surface area contributed by atoms with Gasteiger partial charge >= 0.3 is 6.18 Å². The zero-order chi connectivity index (χ0) is 14.0. The van der Waals surface area contributed by atoms with Gasteiger partial charge in [0.25, 0.3) is 0 Å². The van der Waals surface area contributed by atoms with E-state index >= 15 is 0 Å². The van der Waals surface area contributed by atoms with Crippen molar-refractivity contribution in [2.75, 3.05) is 17.7 Å². The lowest BCUT2D eigenvalue weighted by molar-refractivity contribution is -0.137. The van der Waals surface area contributed by atoms with Crippen LogP contribution >= 0.6 is 23.4 Å². The van der Waals surface area contributed by atoms with Gasteiger partial charge in [-0.15, -0.1) is 5.17 Å². The number of halogens is 4. The van der Waals surface area contributed by atoms with Crippen molar-refractivity contribution in [2.45, 2.75) is 6.18 Å². The van der Waals surface area contributed by atoms with Gasteiger partial charge in [-0.3, -0.25) is 15.6 Å². The van der Waals surface area contributed by atoms with Crippen LogP contribution in [0.25, 0.3) is 0 Å². The molecule has 0 aromatic heterocycles. The molecule has 0 atom stereocenters. The predicted octanol–water partition coefficient (Wildman–Crippen LogP) is 3.48. The number of aliphatic imine (C=N–C) groups is 1. The smallest absolute Gasteiger partial charge is 0.271 e. The molecule has 2 rings (SSSR count). The molecule has 2 N–H and O–H groups in total. The molecule has 1 aromatic rings. The van der Waals surface area contributed by atoms with E-state index in [-0.39, 0.29) is 10.7 Å². The molecule has 0 unspecified atom stereocenters. The van der Waals surface area contributed by atoms with Crippen LogP contribution in [0.2, 0.25) is 5.02 Å². The Morgan fingerprint density at radius 3 is 2.68 bits per heavy atom. The van der Waals surface area contributed by atoms with Gasteiger partial charge in [0, 0.05) is 5.75 Å². The van der Waals surface area contributed by atoms with Crippen molar-refractivity contribution in [2.24, 2.45) is 4.99 Å². The van der Waals surface area contributed by atoms with Crippen molar-refractivity contribution >= 4 is 34.2 Å². The molecular weight excluding hydrogens is 303 g/mol. The van der Waals surface area contributed by atoms with Gasteiger partial charge in [0.15, 0.2) is 0 Å². The number of hydrogen-bond acceptors (Lipinski definition) is 5. The molecule has 0 radical (unpaired) electrons. The molecule has 1 aromatic carbocycles. The van der Waals surface area contributed by atoms with Crippen LogP contribution in [0.5, 0.6) is 0 Å². The normalized spacial score (nSPS) is 15.3. The maximum Gasteiger partial charge on any atom is 0.416 e. The molecule has 9 heteroatoms. The van der Waals surface area contributed by atoms with Gasteiger partial charge < -0.3 is 0 Å². The second kappa shape index (κ2) is 5.48. The van der Waals surface area contributed by atoms with Gasteiger partial charge in [0.1, 0.15) is 0 Å². The van der Waals surface area contributed by atoms with E-state index in [1.165, 1.54) is 11.8 Å². The van der Waals surface area contributed by atoms with Gasteiger partial charge in [0.2, 0.25) is 5.17 Å². The molecule has 104 valence electrons. The summed E-state index contributed by atoms with van der Waals surface area (Å²) in [6, 6.07) is 2.82. The SMILES string of the molecule is ON(Nc1ccc(C(F)(F)F)cc1Cl)C1=NCCS1. The number of benzene rings is 1. The number of alkyl halides is 3. The van der Waals surface area contributed by atoms with Crippen molar-refractivity contribution < 1.29 is 18.4 Å². The van der Waals surface area contributed by atoms with E-state index in [1.807, 2.05) is 0 Å². The number of hydrogen-bond donors (Lipinski definition) is 2. The molecule has 1 aliphatic rings. The fraction of sp³-hybridized carbons (Fsp3) is 0.300. The number of thioether (sulfide) groups is 1. The first kappa shape index (κ1) is 14.3. The molecule has 4 nitrogen and oxygen atoms in total. The molecule has 0 saturated carbocycles. The third kappa shape index (κ3) is 3.46. The van der Waals surface area contributed by atoms with E-state index in [4.69, 9.17) is 11.6 Å². The minimum Gasteiger partial charge on any atom is -0.271 e. The van der Waals surface area contributed by atoms with Crippen molar-refractivity contribution in [3.8, 4) is 0 Å². The standard InChI is InChI=1S/C10H9ClF3N3OS/c11-7-5-6(10(12,13)14)1-2-8(7)16-17(18)9-15-3-4-19-9/h1-2,5,16,18H,3-4H2. The zero-order valence-electron chi connectivity index (χ0n) is 9.41. The van der Waals surface area contributed by atoms with Crippen LogP contribution in [0.15, 0.2) is 23.2 Å². The van der Waals surface area contributed by atoms with Crippen LogP contribution in [0.1, 0.15) is 5.56 Å². The largest absolute Gasteiger partial charge is 0.416 e. The number of nitrogens with one attached hydrogen (secondary N) is 1. The highest BCUT2D eigenvalue weighted by Gasteiger charge is 2.31. The molecule has 0 amide bonds. The fourth-order valence-corrected chi connectivity index (χ4v) is 2.33. The van der Waals surface area contributed by atoms with Gasteiger partial charge in [-0.2, -0.15) is 13.2 Å². The number of hydrazine groups is 1. The molecule has 0 aliphatic carbocycles. The van der Waals surface area contributed by atoms with Gasteiger partial charge in [-0.25, -0.2) is 0 Å². The minimum absolute atomic E-state index is 0.141. The zero-order valence-corrected chi connectivity index (χ0v) is 11.0. The van der Waals surface area contributed by atoms with E-state index < -0.39 is 11.7 Å². The lowest BCUT2D eigenvalue weighted by Gasteiger charge is -2.19. The lowest BCUT2D eigenvalue weighted by Crippen LogP contribution is -2.30. The third-order valence-corrected chi connectivity index (χ3v) is 3.53. The summed E-state index contributed by atoms with van der Waals surface area (Å²) in [5.74, 6) is 0.745. The summed E-state index contributed by atoms with van der Waals surface area (Å²) in [6.07, 6.45) is -4.45. The molecule has 0 saturated heterocycles. The van der Waals surface area contributed by atoms with E-state index in [2.05, 4.69) is 10.4 Å². The van der Waals surface area contributed by atoms with E-state index in [1.54, 1.807) is 0 Å². The van der Waals surface area contributed by atoms with Gasteiger partial charge in [-0.05, 0) is 18.2 Å². The summed E-state index contributed by atoms with van der Waals surface area (Å²) in [5, 5.41) is 10.5. The van der Waals surface area contributed by atoms with Crippen LogP contribution < -0.4 is 5.43 Å². The van der Waals surface area contributed by atoms with Crippen LogP contribution in [0, 0.1) is 0 Å². The molecular formula is C10H9ClF3N3OS. The number of hydroxylamine groups is 1. The minimum atomic E-state index is -4.45. The Balaban J connectivity index is 2.13. The Labute approximate surface area is 116 Å². The number of anilines is 1. The molecule has 0 fully saturated rings. The van der Waals surface area contributed by atoms with Crippen molar-refractivity contribution in [1.82, 2.24) is 5.17 Å². The van der Waals surface area contributed by atoms with E-state index in [9.17, 15) is 18.4 Å². The molecule has 1 heterocycles. The van der Waals surface area contributed by atoms with Crippen LogP contribution in [-0.4, -0.2) is 27.8 Å². The monoisotopic (exact) mass is 311 g/mol. The third-order valence-electron chi connectivity index (χ3n) is 2.27. The van der Waals surface area contributed by atoms with Crippen LogP contribution in [-0.2, 0) is 6.18 Å². The van der Waals surface area contributed by atoms with Crippen LogP contribution in [0.3, 0.4) is 0 Å². The number of nitrogens with zero attached hydrogens (tertiary/aromatic N) is 2. The van der Waals surface area contributed by atoms with Crippen molar-refractivity contribution in [1.29, 1.82) is 0 Å². The average Bonchev–Trinajstić information content (AvgIpc) is 2.84. The highest BCUT2D eigenvalue weighted by molar-refractivity contribution is 8.14. The van der Waals surface area contributed by atoms with E-state index in [0.717, 1.165) is 24.0 Å². The predicted molar refractivity (Wildman–Crippen MR) is 68.5 cm³/mol. The summed E-state index contributed by atoms with van der Waals surface area (Å²) >= 11 is 7.06. The van der Waals surface area contributed by atoms with Gasteiger partial charge in [-0.1, -0.05) is 23.4 Å². The number of amidine groups is 1. The number of rotatable bonds is 2. The molecule has 0 spiro atoms. The second-order valence-corrected chi connectivity index (χ2v) is 5.10. The maximum absolute atomic E-state index is 12.4. The summed E-state index contributed by atoms with van der Waals surface area (Å²) in [6.45, 7) is 0.583. The highest BCUT2D eigenvalue weighted by atomic mass is 35.5. The summed E-state index contributed by atoms with van der Waals surface area (Å²) in [4.78, 5) is 3.99. The summed E-state index contributed by atoms with van der Waals surface area (Å²) in [5.41, 5.74) is 1.78. The Hall–Kier alpha value is -1.12. The van der Waals surface area contributed by atoms with Crippen LogP contribution in [0.4, 0.5) is 18.9 Å². The van der Waals surface area contributed by atoms with Crippen molar-refractivity contribution in [3.05, 3.63) is 28.8 Å². The molecule has 19 heavy (non-hydrogen) atoms. The molecule has 1 aliphatic heterocycles. The average molecular weight is 312 g/mol. The maximum atomic E-state index is 12.4. The summed E-state index contributed by atoms with van der Waals surface area (Å²) < 4.78 is 37.3. The van der Waals surface area contributed by atoms with Gasteiger partial charge in [0.05, 0.1) is 22.8 Å². The second-order valence-electron chi connectivity index (χ2n) is 3.63. The Morgan fingerprint density at radius 2 is 2.16 bits per heavy atom. The molecule has 0 bridgehead atoms. The lowest BCUT2D eigenvalue weighted by atomic mass is 10.2. The highest BCUT2D eigenvalue weighted by Crippen LogP contribution is 2.34. The Kier molecular flexibility index (Phi) is 4.12. The van der Waals surface area contributed by atoms with Crippen molar-refractivity contribution in [3.63, 3.8) is 0 Å². The first-order valence-corrected chi connectivity index (χ1v) is 6.54. The fourth-order valence-electron chi connectivity index (χ4n) is 1.40. The first-order valence-electron chi connectivity index (χ1n) is 5.17. The Bertz CT molecular complexity index is 509. The van der Waals surface area contributed by atoms with E-state index in [0.29, 0.717) is 16.9 Å². The first-order chi connectivity index (χ1) is 8.88. The quantitative estimate of drug-likeness (QED) is 0.821. The summed E-state index contributed by atoms with van der Waals surface area (Å²) in [7, 11) is 0. The Morgan fingerprint density at radius 1 is 1.42 bits per heavy atom. The topological polar surface area (TPSA) is 47.9 Å².